The van der Waals surface area contributed by atoms with Gasteiger partial charge in [0.2, 0.25) is 41.4 Å². The molecule has 1 fully saturated rings. The van der Waals surface area contributed by atoms with Crippen molar-refractivity contribution in [2.24, 2.45) is 17.4 Å². The fourth-order valence-corrected chi connectivity index (χ4v) is 8.11. The van der Waals surface area contributed by atoms with Gasteiger partial charge in [0.15, 0.2) is 0 Å². The van der Waals surface area contributed by atoms with Crippen LogP contribution in [0.1, 0.15) is 71.6 Å². The van der Waals surface area contributed by atoms with Gasteiger partial charge < -0.3 is 58.9 Å². The normalized spacial score (nSPS) is 21.1. The van der Waals surface area contributed by atoms with Gasteiger partial charge in [-0.05, 0) is 63.1 Å². The van der Waals surface area contributed by atoms with Crippen LogP contribution >= 0.6 is 11.8 Å². The van der Waals surface area contributed by atoms with E-state index in [1.807, 2.05) is 48.5 Å². The van der Waals surface area contributed by atoms with Crippen molar-refractivity contribution in [3.05, 3.63) is 48.5 Å². The van der Waals surface area contributed by atoms with Gasteiger partial charge in [0.05, 0.1) is 35.3 Å². The number of nitrogens with two attached hydrogens (primary N) is 2. The molecule has 0 spiro atoms. The minimum absolute atomic E-state index is 0.0150. The molecule has 0 bridgehead atoms. The molecule has 0 saturated carbocycles. The van der Waals surface area contributed by atoms with Gasteiger partial charge in [0, 0.05) is 23.1 Å². The van der Waals surface area contributed by atoms with Crippen molar-refractivity contribution in [3.63, 3.8) is 0 Å². The van der Waals surface area contributed by atoms with Crippen molar-refractivity contribution in [1.82, 2.24) is 36.9 Å². The number of carboxylic acid groups (broad SMARTS) is 2. The van der Waals surface area contributed by atoms with Crippen LogP contribution in [0.15, 0.2) is 48.5 Å². The standard InChI is InChI=1S/C44H60N10O11S/c1-3-24(2)37-44(65)53-33(43(64)50-29(39(46)60)16-9-11-19-47-38-25-12-4-6-14-27(25)48-28-15-7-5-13-26(28)38)22-66-23-34(55)49-31(20-35(56)57)41(62)52-32(21-36(58)59)42(63)51-30(40(61)54-37)17-8-10-18-45/h4-7,12-15,24,29-33,37H,3,8-11,16-23,45H2,1-2H3,(H2,46,60)(H,47,48)(H,49,55)(H,50,64)(H,51,63)(H,52,62)(H,53,65)(H,54,61)(H,56,57)(H,58,59)/t24-,29-,30-,31-,32-,33-,37-/m0/s1. The molecule has 2 heterocycles. The number of benzene rings is 2. The van der Waals surface area contributed by atoms with E-state index in [1.165, 1.54) is 0 Å². The second kappa shape index (κ2) is 25.8. The van der Waals surface area contributed by atoms with Crippen molar-refractivity contribution in [2.75, 3.05) is 29.9 Å². The number of nitrogens with one attached hydrogen (secondary N) is 7. The van der Waals surface area contributed by atoms with Crippen LogP contribution in [0.2, 0.25) is 0 Å². The molecular weight excluding hydrogens is 877 g/mol. The van der Waals surface area contributed by atoms with Crippen LogP contribution in [0, 0.1) is 5.92 Å². The molecule has 7 amide bonds. The van der Waals surface area contributed by atoms with E-state index in [1.54, 1.807) is 13.8 Å². The summed E-state index contributed by atoms with van der Waals surface area (Å²) in [5.41, 5.74) is 14.0. The van der Waals surface area contributed by atoms with E-state index in [0.29, 0.717) is 38.6 Å². The third kappa shape index (κ3) is 15.6. The largest absolute Gasteiger partial charge is 0.481 e. The number of unbranched alkanes of at least 4 members (excludes halogenated alkanes) is 2. The summed E-state index contributed by atoms with van der Waals surface area (Å²) in [6, 6.07) is 6.70. The van der Waals surface area contributed by atoms with E-state index < -0.39 is 114 Å². The van der Waals surface area contributed by atoms with E-state index in [2.05, 4.69) is 37.2 Å². The first-order chi connectivity index (χ1) is 31.5. The molecule has 1 aliphatic heterocycles. The maximum absolute atomic E-state index is 14.1. The first-order valence-electron chi connectivity index (χ1n) is 21.9. The smallest absolute Gasteiger partial charge is 0.305 e. The molecule has 1 aromatic heterocycles. The Morgan fingerprint density at radius 1 is 0.773 bits per heavy atom. The lowest BCUT2D eigenvalue weighted by atomic mass is 9.97. The highest BCUT2D eigenvalue weighted by Gasteiger charge is 2.36. The zero-order valence-electron chi connectivity index (χ0n) is 36.9. The summed E-state index contributed by atoms with van der Waals surface area (Å²) in [7, 11) is 0. The van der Waals surface area contributed by atoms with Crippen LogP contribution in [-0.4, -0.2) is 129 Å². The average Bonchev–Trinajstić information content (AvgIpc) is 3.27. The third-order valence-corrected chi connectivity index (χ3v) is 12.1. The first kappa shape index (κ1) is 52.1. The van der Waals surface area contributed by atoms with E-state index in [-0.39, 0.29) is 25.1 Å². The topological polar surface area (TPSA) is 343 Å². The van der Waals surface area contributed by atoms with Gasteiger partial charge in [-0.2, -0.15) is 0 Å². The molecule has 2 aromatic carbocycles. The van der Waals surface area contributed by atoms with E-state index in [4.69, 9.17) is 16.5 Å². The number of carbonyl (C=O) groups excluding carboxylic acids is 7. The minimum atomic E-state index is -1.80. The van der Waals surface area contributed by atoms with Crippen LogP contribution in [0.3, 0.4) is 0 Å². The monoisotopic (exact) mass is 936 g/mol. The summed E-state index contributed by atoms with van der Waals surface area (Å²) in [4.78, 5) is 123. The molecule has 1 saturated heterocycles. The van der Waals surface area contributed by atoms with Crippen LogP contribution < -0.4 is 48.7 Å². The molecule has 22 heteroatoms. The third-order valence-electron chi connectivity index (χ3n) is 11.0. The number of pyridine rings is 1. The minimum Gasteiger partial charge on any atom is -0.481 e. The molecule has 7 atom stereocenters. The number of thioether (sulfide) groups is 1. The SMILES string of the molecule is CC[C@H](C)[C@@H]1NC(=O)[C@H](CCCCN)NC(=O)[C@H](CC(=O)O)NC(=O)[C@H](CC(=O)O)NC(=O)CSC[C@@H](C(=O)N[C@@H](CCCCNc2c3ccccc3nc3ccccc23)C(N)=O)NC1=O. The molecule has 21 nitrogen and oxygen atoms in total. The van der Waals surface area contributed by atoms with E-state index in [0.717, 1.165) is 39.3 Å². The first-order valence-corrected chi connectivity index (χ1v) is 23.0. The molecule has 3 aromatic rings. The Bertz CT molecular complexity index is 2190. The van der Waals surface area contributed by atoms with Crippen LogP contribution in [0.4, 0.5) is 5.69 Å². The summed E-state index contributed by atoms with van der Waals surface area (Å²) in [5.74, 6) is -10.7. The second-order valence-corrected chi connectivity index (χ2v) is 17.1. The highest BCUT2D eigenvalue weighted by atomic mass is 32.2. The van der Waals surface area contributed by atoms with E-state index >= 15 is 0 Å². The Balaban J connectivity index is 1.55. The van der Waals surface area contributed by atoms with Crippen molar-refractivity contribution in [3.8, 4) is 0 Å². The van der Waals surface area contributed by atoms with Crippen molar-refractivity contribution >= 4 is 92.5 Å². The average molecular weight is 937 g/mol. The maximum atomic E-state index is 14.1. The lowest BCUT2D eigenvalue weighted by molar-refractivity contribution is -0.143. The molecule has 0 unspecified atom stereocenters. The number of anilines is 1. The van der Waals surface area contributed by atoms with Crippen LogP contribution in [-0.2, 0) is 43.2 Å². The van der Waals surface area contributed by atoms with Crippen molar-refractivity contribution in [1.29, 1.82) is 0 Å². The van der Waals surface area contributed by atoms with Gasteiger partial charge in [-0.15, -0.1) is 11.8 Å². The van der Waals surface area contributed by atoms with Crippen LogP contribution in [0.5, 0.6) is 0 Å². The Hall–Kier alpha value is -6.55. The summed E-state index contributed by atoms with van der Waals surface area (Å²) in [6.45, 7) is 4.19. The number of aromatic nitrogens is 1. The second-order valence-electron chi connectivity index (χ2n) is 16.1. The van der Waals surface area contributed by atoms with Crippen molar-refractivity contribution < 1.29 is 53.4 Å². The fraction of sp³-hybridized carbons (Fsp3) is 0.500. The fourth-order valence-electron chi connectivity index (χ4n) is 7.25. The molecule has 0 radical (unpaired) electrons. The number of carbonyl (C=O) groups is 9. The molecule has 13 N–H and O–H groups in total. The number of aliphatic carboxylic acids is 2. The van der Waals surface area contributed by atoms with Crippen molar-refractivity contribution in [2.45, 2.75) is 108 Å². The predicted octanol–water partition coefficient (Wildman–Crippen LogP) is 0.236. The number of rotatable bonds is 19. The molecule has 4 rings (SSSR count). The quantitative estimate of drug-likeness (QED) is 0.0567. The zero-order valence-corrected chi connectivity index (χ0v) is 37.7. The molecular formula is C44H60N10O11S. The van der Waals surface area contributed by atoms with Gasteiger partial charge in [0.25, 0.3) is 0 Å². The van der Waals surface area contributed by atoms with Gasteiger partial charge in [-0.3, -0.25) is 43.2 Å². The number of fused-ring (bicyclic) bond motifs is 2. The number of hydrogen-bond acceptors (Lipinski definition) is 13. The molecule has 0 aliphatic carbocycles. The number of para-hydroxylation sites is 2. The predicted molar refractivity (Wildman–Crippen MR) is 247 cm³/mol. The number of primary amides is 1. The summed E-state index contributed by atoms with van der Waals surface area (Å²) in [6.07, 6.45) is 0.335. The van der Waals surface area contributed by atoms with Gasteiger partial charge >= 0.3 is 11.9 Å². The van der Waals surface area contributed by atoms with E-state index in [9.17, 15) is 53.4 Å². The van der Waals surface area contributed by atoms with Gasteiger partial charge in [-0.1, -0.05) is 56.7 Å². The maximum Gasteiger partial charge on any atom is 0.305 e. The lowest BCUT2D eigenvalue weighted by Crippen LogP contribution is -2.61. The Morgan fingerprint density at radius 3 is 1.92 bits per heavy atom. The molecule has 66 heavy (non-hydrogen) atoms. The number of carboxylic acids is 2. The highest BCUT2D eigenvalue weighted by molar-refractivity contribution is 8.00. The van der Waals surface area contributed by atoms with Gasteiger partial charge in [0.1, 0.15) is 36.3 Å². The summed E-state index contributed by atoms with van der Waals surface area (Å²) >= 11 is 0.826. The Morgan fingerprint density at radius 2 is 1.35 bits per heavy atom. The number of hydrogen-bond donors (Lipinski definition) is 11. The van der Waals surface area contributed by atoms with Gasteiger partial charge in [-0.25, -0.2) is 4.98 Å². The number of nitrogens with zero attached hydrogens (tertiary/aromatic N) is 1. The zero-order chi connectivity index (χ0) is 48.3. The Kier molecular flexibility index (Phi) is 20.4. The molecule has 1 aliphatic rings. The molecule has 358 valence electrons. The summed E-state index contributed by atoms with van der Waals surface area (Å²) < 4.78 is 0. The van der Waals surface area contributed by atoms with Crippen LogP contribution in [0.25, 0.3) is 21.8 Å². The highest BCUT2D eigenvalue weighted by Crippen LogP contribution is 2.30. The summed E-state index contributed by atoms with van der Waals surface area (Å²) in [5, 5.41) is 39.3. The number of amides is 7. The Labute approximate surface area is 385 Å². The lowest BCUT2D eigenvalue weighted by Gasteiger charge is -2.29.